The van der Waals surface area contributed by atoms with E-state index in [1.165, 1.54) is 0 Å². The summed E-state index contributed by atoms with van der Waals surface area (Å²) in [5.74, 6) is -0.0228. The Kier molecular flexibility index (Phi) is 4.22. The van der Waals surface area contributed by atoms with Gasteiger partial charge in [0.05, 0.1) is 17.4 Å². The molecule has 6 heteroatoms. The maximum absolute atomic E-state index is 12.4. The minimum Gasteiger partial charge on any atom is -0.323 e. The van der Waals surface area contributed by atoms with E-state index in [0.717, 1.165) is 31.5 Å². The van der Waals surface area contributed by atoms with Gasteiger partial charge in [0, 0.05) is 17.4 Å². The zero-order chi connectivity index (χ0) is 14.7. The highest BCUT2D eigenvalue weighted by Gasteiger charge is 2.21. The number of hydrogen-bond acceptors (Lipinski definition) is 3. The van der Waals surface area contributed by atoms with E-state index in [1.807, 2.05) is 18.3 Å². The highest BCUT2D eigenvalue weighted by molar-refractivity contribution is 6.31. The van der Waals surface area contributed by atoms with Crippen molar-refractivity contribution in [1.29, 1.82) is 0 Å². The van der Waals surface area contributed by atoms with Gasteiger partial charge in [0.15, 0.2) is 0 Å². The zero-order valence-corrected chi connectivity index (χ0v) is 12.3. The normalized spacial score (nSPS) is 18.4. The molecule has 0 spiro atoms. The molecular formula is C15H17ClN4O. The average Bonchev–Trinajstić information content (AvgIpc) is 3.02. The average molecular weight is 305 g/mol. The van der Waals surface area contributed by atoms with Gasteiger partial charge in [-0.25, -0.2) is 4.68 Å². The van der Waals surface area contributed by atoms with Gasteiger partial charge < -0.3 is 10.6 Å². The molecule has 1 fully saturated rings. The number of anilines is 1. The zero-order valence-electron chi connectivity index (χ0n) is 11.6. The lowest BCUT2D eigenvalue weighted by molar-refractivity contribution is -0.118. The highest BCUT2D eigenvalue weighted by atomic mass is 35.5. The smallest absolute Gasteiger partial charge is 0.241 e. The van der Waals surface area contributed by atoms with Crippen molar-refractivity contribution in [1.82, 2.24) is 15.1 Å². The molecule has 5 nitrogen and oxygen atoms in total. The van der Waals surface area contributed by atoms with Crippen molar-refractivity contribution in [3.8, 4) is 5.69 Å². The molecule has 1 amide bonds. The number of carbonyl (C=O) groups is 1. The lowest BCUT2D eigenvalue weighted by atomic mass is 10.0. The second-order valence-corrected chi connectivity index (χ2v) is 5.54. The summed E-state index contributed by atoms with van der Waals surface area (Å²) < 4.78 is 1.71. The van der Waals surface area contributed by atoms with Gasteiger partial charge in [0.1, 0.15) is 0 Å². The third kappa shape index (κ3) is 3.25. The number of rotatable bonds is 3. The molecule has 0 aliphatic carbocycles. The molecule has 0 radical (unpaired) electrons. The van der Waals surface area contributed by atoms with Crippen LogP contribution in [0.15, 0.2) is 36.7 Å². The summed E-state index contributed by atoms with van der Waals surface area (Å²) in [5.41, 5.74) is 1.47. The number of benzene rings is 1. The summed E-state index contributed by atoms with van der Waals surface area (Å²) in [5, 5.41) is 11.0. The highest BCUT2D eigenvalue weighted by Crippen LogP contribution is 2.24. The van der Waals surface area contributed by atoms with Crippen LogP contribution in [-0.2, 0) is 4.79 Å². The first-order chi connectivity index (χ1) is 10.2. The van der Waals surface area contributed by atoms with Gasteiger partial charge in [-0.15, -0.1) is 0 Å². The van der Waals surface area contributed by atoms with E-state index in [-0.39, 0.29) is 11.9 Å². The summed E-state index contributed by atoms with van der Waals surface area (Å²) in [6.45, 7) is 0.889. The fraction of sp³-hybridized carbons (Fsp3) is 0.333. The van der Waals surface area contributed by atoms with Crippen LogP contribution in [0.25, 0.3) is 5.69 Å². The second-order valence-electron chi connectivity index (χ2n) is 5.10. The molecular weight excluding hydrogens is 288 g/mol. The largest absolute Gasteiger partial charge is 0.323 e. The predicted octanol–water partition coefficient (Wildman–Crippen LogP) is 2.61. The van der Waals surface area contributed by atoms with E-state index < -0.39 is 0 Å². The minimum absolute atomic E-state index is 0.0228. The van der Waals surface area contributed by atoms with Crippen molar-refractivity contribution < 1.29 is 4.79 Å². The van der Waals surface area contributed by atoms with Crippen molar-refractivity contribution in [3.63, 3.8) is 0 Å². The number of hydrogen-bond donors (Lipinski definition) is 2. The van der Waals surface area contributed by atoms with Crippen LogP contribution in [0, 0.1) is 0 Å². The number of carbonyl (C=O) groups excluding carboxylic acids is 1. The SMILES string of the molecule is O=C(Nc1cc(Cl)ccc1-n1cccn1)[C@H]1CCCCN1. The molecule has 110 valence electrons. The number of halogens is 1. The molecule has 1 atom stereocenters. The fourth-order valence-corrected chi connectivity index (χ4v) is 2.69. The van der Waals surface area contributed by atoms with Crippen molar-refractivity contribution >= 4 is 23.2 Å². The first-order valence-electron chi connectivity index (χ1n) is 7.08. The maximum Gasteiger partial charge on any atom is 0.241 e. The summed E-state index contributed by atoms with van der Waals surface area (Å²) in [4.78, 5) is 12.4. The lowest BCUT2D eigenvalue weighted by Gasteiger charge is -2.23. The topological polar surface area (TPSA) is 59.0 Å². The molecule has 0 bridgehead atoms. The van der Waals surface area contributed by atoms with Gasteiger partial charge in [0.25, 0.3) is 0 Å². The Bertz CT molecular complexity index is 621. The Hall–Kier alpha value is -1.85. The van der Waals surface area contributed by atoms with Crippen LogP contribution in [0.4, 0.5) is 5.69 Å². The molecule has 3 rings (SSSR count). The standard InChI is InChI=1S/C15H17ClN4O/c16-11-5-6-14(20-9-3-8-18-20)13(10-11)19-15(21)12-4-1-2-7-17-12/h3,5-6,8-10,12,17H,1-2,4,7H2,(H,19,21)/t12-/m1/s1. The molecule has 2 heterocycles. The van der Waals surface area contributed by atoms with Gasteiger partial charge >= 0.3 is 0 Å². The van der Waals surface area contributed by atoms with Crippen molar-refractivity contribution in [2.24, 2.45) is 0 Å². The molecule has 1 aliphatic rings. The van der Waals surface area contributed by atoms with E-state index in [2.05, 4.69) is 15.7 Å². The number of amides is 1. The first kappa shape index (κ1) is 14.1. The molecule has 21 heavy (non-hydrogen) atoms. The fourth-order valence-electron chi connectivity index (χ4n) is 2.51. The summed E-state index contributed by atoms with van der Waals surface area (Å²) in [6, 6.07) is 7.08. The second kappa shape index (κ2) is 6.28. The van der Waals surface area contributed by atoms with Crippen LogP contribution >= 0.6 is 11.6 Å². The maximum atomic E-state index is 12.4. The predicted molar refractivity (Wildman–Crippen MR) is 82.8 cm³/mol. The van der Waals surface area contributed by atoms with Crippen LogP contribution < -0.4 is 10.6 Å². The monoisotopic (exact) mass is 304 g/mol. The van der Waals surface area contributed by atoms with Gasteiger partial charge in [-0.3, -0.25) is 4.79 Å². The van der Waals surface area contributed by atoms with Gasteiger partial charge in [-0.05, 0) is 43.7 Å². The third-order valence-electron chi connectivity index (χ3n) is 3.59. The number of nitrogens with one attached hydrogen (secondary N) is 2. The van der Waals surface area contributed by atoms with Crippen molar-refractivity contribution in [2.45, 2.75) is 25.3 Å². The molecule has 2 N–H and O–H groups in total. The molecule has 1 aromatic heterocycles. The summed E-state index contributed by atoms with van der Waals surface area (Å²) >= 11 is 6.05. The third-order valence-corrected chi connectivity index (χ3v) is 3.83. The van der Waals surface area contributed by atoms with Crippen molar-refractivity contribution in [3.05, 3.63) is 41.7 Å². The van der Waals surface area contributed by atoms with Crippen molar-refractivity contribution in [2.75, 3.05) is 11.9 Å². The molecule has 1 aromatic carbocycles. The lowest BCUT2D eigenvalue weighted by Crippen LogP contribution is -2.43. The Labute approximate surface area is 128 Å². The Balaban J connectivity index is 1.84. The molecule has 0 saturated carbocycles. The number of aromatic nitrogens is 2. The van der Waals surface area contributed by atoms with Crippen LogP contribution in [0.5, 0.6) is 0 Å². The van der Waals surface area contributed by atoms with Gasteiger partial charge in [-0.1, -0.05) is 18.0 Å². The van der Waals surface area contributed by atoms with E-state index >= 15 is 0 Å². The number of piperidine rings is 1. The summed E-state index contributed by atoms with van der Waals surface area (Å²) in [7, 11) is 0. The van der Waals surface area contributed by atoms with E-state index in [4.69, 9.17) is 11.6 Å². The molecule has 1 saturated heterocycles. The van der Waals surface area contributed by atoms with Crippen LogP contribution in [0.3, 0.4) is 0 Å². The quantitative estimate of drug-likeness (QED) is 0.916. The Morgan fingerprint density at radius 2 is 2.33 bits per heavy atom. The Morgan fingerprint density at radius 1 is 1.43 bits per heavy atom. The van der Waals surface area contributed by atoms with Crippen LogP contribution in [-0.4, -0.2) is 28.3 Å². The first-order valence-corrected chi connectivity index (χ1v) is 7.45. The van der Waals surface area contributed by atoms with Crippen LogP contribution in [0.1, 0.15) is 19.3 Å². The number of nitrogens with zero attached hydrogens (tertiary/aromatic N) is 2. The molecule has 2 aromatic rings. The van der Waals surface area contributed by atoms with E-state index in [0.29, 0.717) is 10.7 Å². The van der Waals surface area contributed by atoms with E-state index in [9.17, 15) is 4.79 Å². The minimum atomic E-state index is -0.136. The van der Waals surface area contributed by atoms with E-state index in [1.54, 1.807) is 23.0 Å². The molecule has 0 unspecified atom stereocenters. The van der Waals surface area contributed by atoms with Gasteiger partial charge in [-0.2, -0.15) is 5.10 Å². The van der Waals surface area contributed by atoms with Crippen LogP contribution in [0.2, 0.25) is 5.02 Å². The van der Waals surface area contributed by atoms with Gasteiger partial charge in [0.2, 0.25) is 5.91 Å². The molecule has 1 aliphatic heterocycles. The Morgan fingerprint density at radius 3 is 3.05 bits per heavy atom. The summed E-state index contributed by atoms with van der Waals surface area (Å²) in [6.07, 6.45) is 6.59.